The zero-order chi connectivity index (χ0) is 16.8. The molecule has 0 saturated carbocycles. The van der Waals surface area contributed by atoms with Gasteiger partial charge in [-0.3, -0.25) is 0 Å². The molecular formula is C20H23BrO3. The fraction of sp³-hybridized carbons (Fsp3) is 0.400. The summed E-state index contributed by atoms with van der Waals surface area (Å²) in [7, 11) is 0. The molecule has 1 aliphatic heterocycles. The lowest BCUT2D eigenvalue weighted by atomic mass is 9.77. The van der Waals surface area contributed by atoms with Crippen molar-refractivity contribution in [2.24, 2.45) is 11.8 Å². The van der Waals surface area contributed by atoms with E-state index < -0.39 is 0 Å². The van der Waals surface area contributed by atoms with E-state index in [9.17, 15) is 5.11 Å². The molecule has 1 N–H and O–H groups in total. The van der Waals surface area contributed by atoms with Crippen LogP contribution in [-0.2, 0) is 16.1 Å². The Hall–Kier alpha value is -1.20. The topological polar surface area (TPSA) is 38.7 Å². The van der Waals surface area contributed by atoms with Crippen molar-refractivity contribution in [2.45, 2.75) is 12.5 Å². The van der Waals surface area contributed by atoms with Gasteiger partial charge < -0.3 is 14.6 Å². The van der Waals surface area contributed by atoms with E-state index in [2.05, 4.69) is 52.3 Å². The molecule has 3 rings (SSSR count). The van der Waals surface area contributed by atoms with Gasteiger partial charge in [0.25, 0.3) is 0 Å². The molecule has 0 bridgehead atoms. The van der Waals surface area contributed by atoms with E-state index in [0.29, 0.717) is 26.4 Å². The quantitative estimate of drug-likeness (QED) is 0.809. The second kappa shape index (κ2) is 8.77. The summed E-state index contributed by atoms with van der Waals surface area (Å²) in [6.45, 7) is 2.64. The van der Waals surface area contributed by atoms with E-state index >= 15 is 0 Å². The van der Waals surface area contributed by atoms with Gasteiger partial charge in [-0.2, -0.15) is 0 Å². The van der Waals surface area contributed by atoms with Crippen LogP contribution in [-0.4, -0.2) is 31.5 Å². The maximum absolute atomic E-state index is 9.74. The molecule has 1 heterocycles. The highest BCUT2D eigenvalue weighted by molar-refractivity contribution is 9.10. The summed E-state index contributed by atoms with van der Waals surface area (Å²) >= 11 is 3.48. The van der Waals surface area contributed by atoms with Gasteiger partial charge in [-0.05, 0) is 29.2 Å². The normalized spacial score (nSPS) is 24.0. The van der Waals surface area contributed by atoms with Gasteiger partial charge in [-0.25, -0.2) is 0 Å². The molecule has 0 amide bonds. The zero-order valence-electron chi connectivity index (χ0n) is 13.6. The Kier molecular flexibility index (Phi) is 6.44. The summed E-state index contributed by atoms with van der Waals surface area (Å²) < 4.78 is 12.8. The molecule has 1 aliphatic rings. The minimum absolute atomic E-state index is 0.114. The molecule has 128 valence electrons. The fourth-order valence-electron chi connectivity index (χ4n) is 3.30. The highest BCUT2D eigenvalue weighted by Crippen LogP contribution is 2.35. The predicted octanol–water partition coefficient (Wildman–Crippen LogP) is 4.00. The third-order valence-corrected chi connectivity index (χ3v) is 5.23. The van der Waals surface area contributed by atoms with Crippen molar-refractivity contribution < 1.29 is 14.6 Å². The molecule has 2 aromatic carbocycles. The molecule has 3 atom stereocenters. The van der Waals surface area contributed by atoms with Gasteiger partial charge in [0.1, 0.15) is 0 Å². The van der Waals surface area contributed by atoms with Crippen LogP contribution in [0.15, 0.2) is 59.1 Å². The highest BCUT2D eigenvalue weighted by Gasteiger charge is 2.34. The molecule has 0 aliphatic carbocycles. The third kappa shape index (κ3) is 4.45. The first-order valence-corrected chi connectivity index (χ1v) is 9.13. The van der Waals surface area contributed by atoms with Crippen LogP contribution >= 0.6 is 15.9 Å². The van der Waals surface area contributed by atoms with Gasteiger partial charge in [-0.15, -0.1) is 0 Å². The number of rotatable bonds is 6. The molecule has 1 fully saturated rings. The van der Waals surface area contributed by atoms with Crippen LogP contribution in [0.25, 0.3) is 0 Å². The first-order chi connectivity index (χ1) is 11.8. The smallest absolute Gasteiger partial charge is 0.0717 e. The number of hydrogen-bond donors (Lipinski definition) is 1. The summed E-state index contributed by atoms with van der Waals surface area (Å²) in [6, 6.07) is 18.6. The Morgan fingerprint density at radius 1 is 1.04 bits per heavy atom. The number of benzene rings is 2. The molecule has 24 heavy (non-hydrogen) atoms. The predicted molar refractivity (Wildman–Crippen MR) is 97.9 cm³/mol. The Morgan fingerprint density at radius 2 is 1.79 bits per heavy atom. The number of aliphatic hydroxyl groups excluding tert-OH is 1. The van der Waals surface area contributed by atoms with Crippen molar-refractivity contribution in [3.8, 4) is 0 Å². The van der Waals surface area contributed by atoms with Crippen molar-refractivity contribution in [1.29, 1.82) is 0 Å². The van der Waals surface area contributed by atoms with Crippen molar-refractivity contribution in [2.75, 3.05) is 26.4 Å². The van der Waals surface area contributed by atoms with E-state index in [-0.39, 0.29) is 24.4 Å². The monoisotopic (exact) mass is 390 g/mol. The van der Waals surface area contributed by atoms with E-state index in [0.717, 1.165) is 4.47 Å². The van der Waals surface area contributed by atoms with E-state index in [1.807, 2.05) is 18.2 Å². The summed E-state index contributed by atoms with van der Waals surface area (Å²) in [4.78, 5) is 0. The Morgan fingerprint density at radius 3 is 2.50 bits per heavy atom. The van der Waals surface area contributed by atoms with Crippen LogP contribution in [0.2, 0.25) is 0 Å². The van der Waals surface area contributed by atoms with Crippen LogP contribution < -0.4 is 0 Å². The number of hydrogen-bond acceptors (Lipinski definition) is 3. The van der Waals surface area contributed by atoms with Crippen molar-refractivity contribution in [1.82, 2.24) is 0 Å². The van der Waals surface area contributed by atoms with E-state index in [4.69, 9.17) is 9.47 Å². The molecule has 0 aromatic heterocycles. The average molecular weight is 391 g/mol. The summed E-state index contributed by atoms with van der Waals surface area (Å²) in [5, 5.41) is 9.74. The van der Waals surface area contributed by atoms with Crippen LogP contribution in [0.4, 0.5) is 0 Å². The number of halogens is 1. The van der Waals surface area contributed by atoms with Crippen LogP contribution in [0.1, 0.15) is 17.0 Å². The summed E-state index contributed by atoms with van der Waals surface area (Å²) in [6.07, 6.45) is 0. The third-order valence-electron chi connectivity index (χ3n) is 4.71. The average Bonchev–Trinajstić information content (AvgIpc) is 2.63. The summed E-state index contributed by atoms with van der Waals surface area (Å²) in [5.74, 6) is 0.622. The Labute approximate surface area is 151 Å². The van der Waals surface area contributed by atoms with Gasteiger partial charge in [0, 0.05) is 22.9 Å². The van der Waals surface area contributed by atoms with Crippen LogP contribution in [0, 0.1) is 11.8 Å². The standard InChI is InChI=1S/C20H23BrO3/c21-18-8-6-16(7-9-18)19-13-24-12-17(10-22)20(19)14-23-11-15-4-2-1-3-5-15/h1-9,17,19-20,22H,10-14H2. The minimum Gasteiger partial charge on any atom is -0.396 e. The molecule has 4 heteroatoms. The number of ether oxygens (including phenoxy) is 2. The van der Waals surface area contributed by atoms with Crippen LogP contribution in [0.3, 0.4) is 0 Å². The molecule has 3 unspecified atom stereocenters. The second-order valence-electron chi connectivity index (χ2n) is 6.30. The first kappa shape index (κ1) is 17.6. The van der Waals surface area contributed by atoms with Crippen LogP contribution in [0.5, 0.6) is 0 Å². The molecular weight excluding hydrogens is 368 g/mol. The lowest BCUT2D eigenvalue weighted by Gasteiger charge is -2.37. The maximum atomic E-state index is 9.74. The molecule has 3 nitrogen and oxygen atoms in total. The fourth-order valence-corrected chi connectivity index (χ4v) is 3.57. The largest absolute Gasteiger partial charge is 0.396 e. The Bertz CT molecular complexity index is 615. The highest BCUT2D eigenvalue weighted by atomic mass is 79.9. The Balaban J connectivity index is 1.68. The van der Waals surface area contributed by atoms with Crippen molar-refractivity contribution in [3.63, 3.8) is 0 Å². The van der Waals surface area contributed by atoms with Gasteiger partial charge >= 0.3 is 0 Å². The van der Waals surface area contributed by atoms with Crippen molar-refractivity contribution >= 4 is 15.9 Å². The lowest BCUT2D eigenvalue weighted by molar-refractivity contribution is -0.0561. The zero-order valence-corrected chi connectivity index (χ0v) is 15.2. The molecule has 0 radical (unpaired) electrons. The SMILES string of the molecule is OCC1COCC(c2ccc(Br)cc2)C1COCc1ccccc1. The van der Waals surface area contributed by atoms with E-state index in [1.165, 1.54) is 11.1 Å². The van der Waals surface area contributed by atoms with E-state index in [1.54, 1.807) is 0 Å². The maximum Gasteiger partial charge on any atom is 0.0717 e. The van der Waals surface area contributed by atoms with Crippen molar-refractivity contribution in [3.05, 3.63) is 70.2 Å². The first-order valence-electron chi connectivity index (χ1n) is 8.33. The number of aliphatic hydroxyl groups is 1. The van der Waals surface area contributed by atoms with Gasteiger partial charge in [0.05, 0.1) is 26.4 Å². The van der Waals surface area contributed by atoms with Gasteiger partial charge in [-0.1, -0.05) is 58.4 Å². The second-order valence-corrected chi connectivity index (χ2v) is 7.22. The van der Waals surface area contributed by atoms with Gasteiger partial charge in [0.15, 0.2) is 0 Å². The molecule has 0 spiro atoms. The lowest BCUT2D eigenvalue weighted by Crippen LogP contribution is -2.39. The summed E-state index contributed by atoms with van der Waals surface area (Å²) in [5.41, 5.74) is 2.41. The molecule has 1 saturated heterocycles. The molecule has 2 aromatic rings. The van der Waals surface area contributed by atoms with Gasteiger partial charge in [0.2, 0.25) is 0 Å². The minimum atomic E-state index is 0.114.